The second-order valence-corrected chi connectivity index (χ2v) is 15.6. The molecule has 1 atom stereocenters. The summed E-state index contributed by atoms with van der Waals surface area (Å²) in [6.45, 7) is 2.08. The van der Waals surface area contributed by atoms with Gasteiger partial charge >= 0.3 is 0 Å². The molecule has 0 saturated carbocycles. The second-order valence-electron chi connectivity index (χ2n) is 13.5. The van der Waals surface area contributed by atoms with Gasteiger partial charge in [0.1, 0.15) is 5.84 Å². The van der Waals surface area contributed by atoms with Gasteiger partial charge in [0.05, 0.1) is 28.7 Å². The number of rotatable bonds is 5. The number of amidine groups is 2. The maximum Gasteiger partial charge on any atom is 0.157 e. The van der Waals surface area contributed by atoms with Crippen molar-refractivity contribution < 1.29 is 0 Å². The fraction of sp³-hybridized carbons (Fsp3) is 0.0426. The number of nitrogens with zero attached hydrogens (tertiary/aromatic N) is 4. The van der Waals surface area contributed by atoms with Crippen molar-refractivity contribution in [1.82, 2.24) is 4.57 Å². The first-order valence-corrected chi connectivity index (χ1v) is 19.5. The van der Waals surface area contributed by atoms with Crippen LogP contribution in [0.15, 0.2) is 162 Å². The van der Waals surface area contributed by atoms with Crippen LogP contribution in [-0.2, 0) is 0 Å². The van der Waals surface area contributed by atoms with E-state index in [0.717, 1.165) is 22.4 Å². The van der Waals surface area contributed by atoms with Gasteiger partial charge in [-0.1, -0.05) is 97.1 Å². The highest BCUT2D eigenvalue weighted by Crippen LogP contribution is 2.52. The molecule has 0 aliphatic heterocycles. The van der Waals surface area contributed by atoms with Crippen LogP contribution in [0.2, 0.25) is 0 Å². The van der Waals surface area contributed by atoms with Crippen molar-refractivity contribution in [2.45, 2.75) is 13.0 Å². The first-order valence-electron chi connectivity index (χ1n) is 17.8. The normalized spacial score (nSPS) is 13.1. The van der Waals surface area contributed by atoms with Crippen LogP contribution in [0.3, 0.4) is 0 Å². The maximum atomic E-state index is 9.40. The molecule has 3 aromatic heterocycles. The van der Waals surface area contributed by atoms with Gasteiger partial charge in [-0.3, -0.25) is 4.99 Å². The van der Waals surface area contributed by atoms with Gasteiger partial charge in [-0.15, -0.1) is 22.7 Å². The largest absolute Gasteiger partial charge is 0.383 e. The van der Waals surface area contributed by atoms with Crippen LogP contribution in [0, 0.1) is 11.3 Å². The number of nitrogens with two attached hydrogens (primary N) is 1. The summed E-state index contributed by atoms with van der Waals surface area (Å²) in [6.07, 6.45) is 0. The van der Waals surface area contributed by atoms with E-state index in [1.165, 1.54) is 62.2 Å². The van der Waals surface area contributed by atoms with Crippen molar-refractivity contribution >= 4 is 96.5 Å². The summed E-state index contributed by atoms with van der Waals surface area (Å²) in [6, 6.07) is 54.2. The Kier molecular flexibility index (Phi) is 7.62. The van der Waals surface area contributed by atoms with E-state index >= 15 is 0 Å². The molecule has 0 amide bonds. The first kappa shape index (κ1) is 32.1. The topological polar surface area (TPSA) is 79.5 Å². The standard InChI is InChI=1S/C47H31N5S2/c1-28(50-47(32-21-19-29(27-48)20-22-32)51-46(49)31-11-3-2-4-12-31)30-23-25-33(26-24-30)52-37-16-8-5-13-34(37)40-43(52)41-35-14-6-9-17-38(35)53-45(41)42-36-15-7-10-18-39(36)54-44(40)42/h2-26,28H,1H3,(H2,49,50,51). The second kappa shape index (κ2) is 12.8. The highest BCUT2D eigenvalue weighted by Gasteiger charge is 2.24. The number of hydrogen-bond donors (Lipinski definition) is 1. The zero-order chi connectivity index (χ0) is 36.3. The lowest BCUT2D eigenvalue weighted by molar-refractivity contribution is 0.818. The minimum absolute atomic E-state index is 0.221. The lowest BCUT2D eigenvalue weighted by Crippen LogP contribution is -2.16. The number of fused-ring (bicyclic) bond motifs is 12. The van der Waals surface area contributed by atoms with E-state index in [-0.39, 0.29) is 6.04 Å². The number of hydrogen-bond acceptors (Lipinski definition) is 4. The third-order valence-corrected chi connectivity index (χ3v) is 12.7. The quantitative estimate of drug-likeness (QED) is 0.141. The van der Waals surface area contributed by atoms with Crippen molar-refractivity contribution in [1.29, 1.82) is 5.26 Å². The maximum absolute atomic E-state index is 9.40. The van der Waals surface area contributed by atoms with E-state index in [2.05, 4.69) is 115 Å². The van der Waals surface area contributed by atoms with Crippen LogP contribution < -0.4 is 5.73 Å². The van der Waals surface area contributed by atoms with Crippen LogP contribution >= 0.6 is 22.7 Å². The minimum atomic E-state index is -0.221. The number of para-hydroxylation sites is 1. The zero-order valence-electron chi connectivity index (χ0n) is 29.2. The number of thiophene rings is 2. The lowest BCUT2D eigenvalue weighted by Gasteiger charge is -2.13. The van der Waals surface area contributed by atoms with Gasteiger partial charge in [-0.05, 0) is 67.1 Å². The monoisotopic (exact) mass is 729 g/mol. The molecule has 2 N–H and O–H groups in total. The summed E-state index contributed by atoms with van der Waals surface area (Å²) < 4.78 is 7.74. The molecule has 3 heterocycles. The SMILES string of the molecule is CC(N=C(N=C(N)c1ccccc1)c1ccc(C#N)cc1)c1ccc(-n2c3ccccc3c3c4sc5ccccc5c4c4sc5ccccc5c4c32)cc1. The van der Waals surface area contributed by atoms with E-state index in [4.69, 9.17) is 15.7 Å². The molecule has 54 heavy (non-hydrogen) atoms. The molecular formula is C47H31N5S2. The van der Waals surface area contributed by atoms with E-state index < -0.39 is 0 Å². The van der Waals surface area contributed by atoms with Crippen molar-refractivity contribution in [3.63, 3.8) is 0 Å². The Balaban J connectivity index is 1.16. The minimum Gasteiger partial charge on any atom is -0.383 e. The molecule has 1 unspecified atom stereocenters. The molecule has 0 spiro atoms. The zero-order valence-corrected chi connectivity index (χ0v) is 30.8. The fourth-order valence-electron chi connectivity index (χ4n) is 7.69. The van der Waals surface area contributed by atoms with E-state index in [9.17, 15) is 5.26 Å². The summed E-state index contributed by atoms with van der Waals surface area (Å²) in [4.78, 5) is 9.93. The predicted molar refractivity (Wildman–Crippen MR) is 230 cm³/mol. The van der Waals surface area contributed by atoms with E-state index in [0.29, 0.717) is 17.2 Å². The Morgan fingerprint density at radius 2 is 1.20 bits per heavy atom. The Labute approximate surface area is 319 Å². The first-order chi connectivity index (χ1) is 26.6. The van der Waals surface area contributed by atoms with Crippen molar-refractivity contribution in [2.24, 2.45) is 15.7 Å². The summed E-state index contributed by atoms with van der Waals surface area (Å²) in [5, 5.41) is 17.2. The van der Waals surface area contributed by atoms with Gasteiger partial charge in [0.2, 0.25) is 0 Å². The molecule has 10 aromatic rings. The fourth-order valence-corrected chi connectivity index (χ4v) is 10.3. The molecule has 0 aliphatic rings. The van der Waals surface area contributed by atoms with Gasteiger partial charge in [0.25, 0.3) is 0 Å². The molecule has 0 fully saturated rings. The summed E-state index contributed by atoms with van der Waals surface area (Å²) in [5.41, 5.74) is 13.3. The molecule has 5 nitrogen and oxygen atoms in total. The van der Waals surface area contributed by atoms with Gasteiger partial charge in [-0.2, -0.15) is 5.26 Å². The van der Waals surface area contributed by atoms with Crippen LogP contribution in [-0.4, -0.2) is 16.2 Å². The van der Waals surface area contributed by atoms with E-state index in [1.807, 2.05) is 65.1 Å². The molecule has 7 aromatic carbocycles. The van der Waals surface area contributed by atoms with Gasteiger partial charge < -0.3 is 10.3 Å². The highest BCUT2D eigenvalue weighted by atomic mass is 32.1. The molecule has 7 heteroatoms. The third kappa shape index (κ3) is 5.11. The molecular weight excluding hydrogens is 699 g/mol. The predicted octanol–water partition coefficient (Wildman–Crippen LogP) is 12.3. The number of nitriles is 1. The lowest BCUT2D eigenvalue weighted by atomic mass is 10.0. The molecule has 0 radical (unpaired) electrons. The van der Waals surface area contributed by atoms with Gasteiger partial charge in [0, 0.05) is 67.9 Å². The van der Waals surface area contributed by atoms with Crippen LogP contribution in [0.25, 0.3) is 67.8 Å². The van der Waals surface area contributed by atoms with E-state index in [1.54, 1.807) is 12.1 Å². The number of aliphatic imine (C=N–C) groups is 2. The third-order valence-electron chi connectivity index (χ3n) is 10.3. The summed E-state index contributed by atoms with van der Waals surface area (Å²) >= 11 is 3.79. The Morgan fingerprint density at radius 1 is 0.630 bits per heavy atom. The van der Waals surface area contributed by atoms with Gasteiger partial charge in [-0.25, -0.2) is 4.99 Å². The van der Waals surface area contributed by atoms with Crippen molar-refractivity contribution in [3.05, 3.63) is 174 Å². The number of aromatic nitrogens is 1. The van der Waals surface area contributed by atoms with Crippen molar-refractivity contribution in [2.75, 3.05) is 0 Å². The molecule has 0 bridgehead atoms. The Hall–Kier alpha value is -6.59. The highest BCUT2D eigenvalue weighted by molar-refractivity contribution is 7.30. The Morgan fingerprint density at radius 3 is 1.87 bits per heavy atom. The van der Waals surface area contributed by atoms with Crippen molar-refractivity contribution in [3.8, 4) is 11.8 Å². The van der Waals surface area contributed by atoms with Crippen LogP contribution in [0.1, 0.15) is 35.2 Å². The number of benzene rings is 7. The van der Waals surface area contributed by atoms with Crippen LogP contribution in [0.4, 0.5) is 0 Å². The Bertz CT molecular complexity index is 3150. The average Bonchev–Trinajstić information content (AvgIpc) is 3.91. The molecule has 256 valence electrons. The summed E-state index contributed by atoms with van der Waals surface area (Å²) in [5.74, 6) is 0.895. The molecule has 0 aliphatic carbocycles. The van der Waals surface area contributed by atoms with Crippen LogP contribution in [0.5, 0.6) is 0 Å². The average molecular weight is 730 g/mol. The van der Waals surface area contributed by atoms with Gasteiger partial charge in [0.15, 0.2) is 5.84 Å². The molecule has 10 rings (SSSR count). The summed E-state index contributed by atoms with van der Waals surface area (Å²) in [7, 11) is 0. The molecule has 0 saturated heterocycles. The smallest absolute Gasteiger partial charge is 0.157 e.